The van der Waals surface area contributed by atoms with Gasteiger partial charge in [-0.25, -0.2) is 4.79 Å². The molecule has 23 heavy (non-hydrogen) atoms. The maximum absolute atomic E-state index is 12.3. The van der Waals surface area contributed by atoms with Gasteiger partial charge in [0.05, 0.1) is 0 Å². The molecule has 0 amide bonds. The second kappa shape index (κ2) is 6.08. The summed E-state index contributed by atoms with van der Waals surface area (Å²) in [6, 6.07) is 13.9. The van der Waals surface area contributed by atoms with Crippen molar-refractivity contribution in [1.82, 2.24) is 0 Å². The SMILES string of the molecule is Cc1ccc(C(=O)COc2ccc3ccc(=O)oc3c2)c(C)c1. The number of ether oxygens (including phenoxy) is 1. The van der Waals surface area contributed by atoms with Crippen LogP contribution in [0.4, 0.5) is 0 Å². The van der Waals surface area contributed by atoms with Crippen LogP contribution < -0.4 is 10.4 Å². The predicted octanol–water partition coefficient (Wildman–Crippen LogP) is 3.67. The van der Waals surface area contributed by atoms with Crippen molar-refractivity contribution in [1.29, 1.82) is 0 Å². The van der Waals surface area contributed by atoms with E-state index in [-0.39, 0.29) is 12.4 Å². The van der Waals surface area contributed by atoms with Crippen LogP contribution in [0, 0.1) is 13.8 Å². The van der Waals surface area contributed by atoms with Gasteiger partial charge in [-0.2, -0.15) is 0 Å². The van der Waals surface area contributed by atoms with E-state index < -0.39 is 5.63 Å². The number of fused-ring (bicyclic) bond motifs is 1. The number of carbonyl (C=O) groups is 1. The van der Waals surface area contributed by atoms with Crippen LogP contribution >= 0.6 is 0 Å². The first-order valence-corrected chi connectivity index (χ1v) is 7.30. The number of ketones is 1. The number of hydrogen-bond acceptors (Lipinski definition) is 4. The number of aryl methyl sites for hydroxylation is 2. The second-order valence-corrected chi connectivity index (χ2v) is 5.48. The van der Waals surface area contributed by atoms with Crippen molar-refractivity contribution in [2.75, 3.05) is 6.61 Å². The van der Waals surface area contributed by atoms with Crippen molar-refractivity contribution in [3.63, 3.8) is 0 Å². The summed E-state index contributed by atoms with van der Waals surface area (Å²) < 4.78 is 10.6. The highest BCUT2D eigenvalue weighted by atomic mass is 16.5. The number of benzene rings is 2. The minimum absolute atomic E-state index is 0.0630. The molecule has 1 aromatic heterocycles. The first-order valence-electron chi connectivity index (χ1n) is 7.30. The van der Waals surface area contributed by atoms with E-state index in [0.29, 0.717) is 16.9 Å². The van der Waals surface area contributed by atoms with E-state index in [0.717, 1.165) is 16.5 Å². The maximum atomic E-state index is 12.3. The van der Waals surface area contributed by atoms with Gasteiger partial charge in [0.2, 0.25) is 0 Å². The number of Topliss-reactive ketones (excluding diaryl/α,β-unsaturated/α-hetero) is 1. The van der Waals surface area contributed by atoms with Crippen LogP contribution in [0.15, 0.2) is 57.7 Å². The molecule has 0 saturated carbocycles. The molecule has 4 nitrogen and oxygen atoms in total. The van der Waals surface area contributed by atoms with Crippen LogP contribution in [-0.4, -0.2) is 12.4 Å². The average Bonchev–Trinajstić information content (AvgIpc) is 2.52. The van der Waals surface area contributed by atoms with Crippen LogP contribution in [0.1, 0.15) is 21.5 Å². The van der Waals surface area contributed by atoms with Crippen molar-refractivity contribution >= 4 is 16.8 Å². The Balaban J connectivity index is 1.77. The van der Waals surface area contributed by atoms with Crippen LogP contribution in [0.2, 0.25) is 0 Å². The third kappa shape index (κ3) is 3.31. The first kappa shape index (κ1) is 15.0. The lowest BCUT2D eigenvalue weighted by molar-refractivity contribution is 0.0921. The first-order chi connectivity index (χ1) is 11.0. The summed E-state index contributed by atoms with van der Waals surface area (Å²) in [5.74, 6) is 0.405. The molecule has 2 aromatic carbocycles. The molecule has 0 aliphatic rings. The fraction of sp³-hybridized carbons (Fsp3) is 0.158. The predicted molar refractivity (Wildman–Crippen MR) is 88.2 cm³/mol. The molecule has 4 heteroatoms. The lowest BCUT2D eigenvalue weighted by Crippen LogP contribution is -2.13. The molecule has 3 aromatic rings. The third-order valence-corrected chi connectivity index (χ3v) is 3.65. The maximum Gasteiger partial charge on any atom is 0.336 e. The molecular weight excluding hydrogens is 292 g/mol. The van der Waals surface area contributed by atoms with Gasteiger partial charge in [-0.15, -0.1) is 0 Å². The molecule has 116 valence electrons. The Labute approximate surface area is 133 Å². The molecule has 0 radical (unpaired) electrons. The van der Waals surface area contributed by atoms with Crippen molar-refractivity contribution in [3.8, 4) is 5.75 Å². The monoisotopic (exact) mass is 308 g/mol. The quantitative estimate of drug-likeness (QED) is 0.545. The molecule has 1 heterocycles. The van der Waals surface area contributed by atoms with Crippen LogP contribution in [0.3, 0.4) is 0 Å². The van der Waals surface area contributed by atoms with Crippen molar-refractivity contribution in [2.45, 2.75) is 13.8 Å². The summed E-state index contributed by atoms with van der Waals surface area (Å²) in [7, 11) is 0. The smallest absolute Gasteiger partial charge is 0.336 e. The van der Waals surface area contributed by atoms with Gasteiger partial charge in [-0.3, -0.25) is 4.79 Å². The van der Waals surface area contributed by atoms with E-state index in [1.54, 1.807) is 24.3 Å². The number of carbonyl (C=O) groups excluding carboxylic acids is 1. The molecule has 0 aliphatic carbocycles. The summed E-state index contributed by atoms with van der Waals surface area (Å²) in [6.45, 7) is 3.83. The van der Waals surface area contributed by atoms with E-state index in [1.807, 2.05) is 32.0 Å². The minimum atomic E-state index is -0.416. The van der Waals surface area contributed by atoms with Gasteiger partial charge in [0.1, 0.15) is 11.3 Å². The standard InChI is InChI=1S/C19H16O4/c1-12-3-7-16(13(2)9-12)17(20)11-22-15-6-4-14-5-8-19(21)23-18(14)10-15/h3-10H,11H2,1-2H3. The molecule has 0 N–H and O–H groups in total. The van der Waals surface area contributed by atoms with Gasteiger partial charge in [-0.05, 0) is 37.6 Å². The summed E-state index contributed by atoms with van der Waals surface area (Å²) in [5.41, 5.74) is 2.73. The molecule has 0 fully saturated rings. The topological polar surface area (TPSA) is 56.5 Å². The Bertz CT molecular complexity index is 937. The summed E-state index contributed by atoms with van der Waals surface area (Å²) >= 11 is 0. The van der Waals surface area contributed by atoms with Gasteiger partial charge in [0.25, 0.3) is 0 Å². The zero-order valence-corrected chi connectivity index (χ0v) is 13.0. The second-order valence-electron chi connectivity index (χ2n) is 5.48. The highest BCUT2D eigenvalue weighted by Gasteiger charge is 2.10. The van der Waals surface area contributed by atoms with E-state index in [1.165, 1.54) is 6.07 Å². The Morgan fingerprint density at radius 1 is 1.04 bits per heavy atom. The fourth-order valence-corrected chi connectivity index (χ4v) is 2.48. The largest absolute Gasteiger partial charge is 0.485 e. The van der Waals surface area contributed by atoms with Crippen molar-refractivity contribution in [3.05, 3.63) is 75.6 Å². The van der Waals surface area contributed by atoms with E-state index in [4.69, 9.17) is 9.15 Å². The molecule has 0 aliphatic heterocycles. The summed E-state index contributed by atoms with van der Waals surface area (Å²) in [5, 5.41) is 0.803. The van der Waals surface area contributed by atoms with E-state index >= 15 is 0 Å². The molecule has 0 atom stereocenters. The van der Waals surface area contributed by atoms with E-state index in [9.17, 15) is 9.59 Å². The van der Waals surface area contributed by atoms with Gasteiger partial charge >= 0.3 is 5.63 Å². The highest BCUT2D eigenvalue weighted by Crippen LogP contribution is 2.20. The lowest BCUT2D eigenvalue weighted by Gasteiger charge is -2.08. The Kier molecular flexibility index (Phi) is 3.98. The normalized spacial score (nSPS) is 10.7. The van der Waals surface area contributed by atoms with Crippen LogP contribution in [0.25, 0.3) is 11.0 Å². The third-order valence-electron chi connectivity index (χ3n) is 3.65. The minimum Gasteiger partial charge on any atom is -0.485 e. The van der Waals surface area contributed by atoms with Gasteiger partial charge in [-0.1, -0.05) is 23.8 Å². The van der Waals surface area contributed by atoms with Gasteiger partial charge < -0.3 is 9.15 Å². The molecule has 0 spiro atoms. The molecule has 0 bridgehead atoms. The molecule has 0 saturated heterocycles. The fourth-order valence-electron chi connectivity index (χ4n) is 2.48. The summed E-state index contributed by atoms with van der Waals surface area (Å²) in [6.07, 6.45) is 0. The Morgan fingerprint density at radius 3 is 2.61 bits per heavy atom. The molecular formula is C19H16O4. The Morgan fingerprint density at radius 2 is 1.83 bits per heavy atom. The van der Waals surface area contributed by atoms with Crippen molar-refractivity contribution in [2.24, 2.45) is 0 Å². The van der Waals surface area contributed by atoms with Crippen LogP contribution in [-0.2, 0) is 0 Å². The highest BCUT2D eigenvalue weighted by molar-refractivity contribution is 5.98. The summed E-state index contributed by atoms with van der Waals surface area (Å²) in [4.78, 5) is 23.5. The van der Waals surface area contributed by atoms with Crippen molar-refractivity contribution < 1.29 is 13.9 Å². The van der Waals surface area contributed by atoms with Gasteiger partial charge in [0.15, 0.2) is 12.4 Å². The zero-order valence-electron chi connectivity index (χ0n) is 13.0. The average molecular weight is 308 g/mol. The zero-order chi connectivity index (χ0) is 16.4. The van der Waals surface area contributed by atoms with Gasteiger partial charge in [0, 0.05) is 23.1 Å². The number of hydrogen-bond donors (Lipinski definition) is 0. The molecule has 3 rings (SSSR count). The lowest BCUT2D eigenvalue weighted by atomic mass is 10.0. The van der Waals surface area contributed by atoms with E-state index in [2.05, 4.69) is 0 Å². The molecule has 0 unspecified atom stereocenters. The van der Waals surface area contributed by atoms with Crippen LogP contribution in [0.5, 0.6) is 5.75 Å². The Hall–Kier alpha value is -2.88. The number of rotatable bonds is 4.